The number of nitrogens with zero attached hydrogens (tertiary/aromatic N) is 1. The normalized spacial score (nSPS) is 14.2. The lowest BCUT2D eigenvalue weighted by Crippen LogP contribution is -2.11. The van der Waals surface area contributed by atoms with Crippen LogP contribution in [0, 0.1) is 5.82 Å². The molecule has 0 saturated carbocycles. The van der Waals surface area contributed by atoms with Crippen LogP contribution in [0.15, 0.2) is 22.7 Å². The number of benzene rings is 1. The molecule has 0 atom stereocenters. The van der Waals surface area contributed by atoms with Crippen LogP contribution in [0.1, 0.15) is 5.56 Å². The molecule has 1 aliphatic rings. The van der Waals surface area contributed by atoms with E-state index >= 15 is 0 Å². The van der Waals surface area contributed by atoms with Crippen molar-refractivity contribution in [2.24, 2.45) is 0 Å². The molecule has 2 heterocycles. The number of aromatic nitrogens is 1. The Hall–Kier alpha value is -2.08. The molecule has 0 aliphatic carbocycles. The Morgan fingerprint density at radius 3 is 2.94 bits per heavy atom. The van der Waals surface area contributed by atoms with Crippen molar-refractivity contribution in [3.63, 3.8) is 0 Å². The molecule has 0 saturated heterocycles. The van der Waals surface area contributed by atoms with Gasteiger partial charge in [0.25, 0.3) is 0 Å². The van der Waals surface area contributed by atoms with E-state index in [1.165, 1.54) is 12.1 Å². The third-order valence-electron chi connectivity index (χ3n) is 2.51. The molecule has 0 spiro atoms. The number of rotatable bonds is 1. The first-order valence-corrected chi connectivity index (χ1v) is 4.99. The molecule has 2 aromatic rings. The van der Waals surface area contributed by atoms with Crippen LogP contribution < -0.4 is 10.5 Å². The van der Waals surface area contributed by atoms with E-state index in [-0.39, 0.29) is 12.7 Å². The average Bonchev–Trinajstić information content (AvgIpc) is 2.75. The minimum absolute atomic E-state index is 0.140. The van der Waals surface area contributed by atoms with Crippen molar-refractivity contribution in [1.29, 1.82) is 0 Å². The maximum absolute atomic E-state index is 13.8. The van der Waals surface area contributed by atoms with Crippen molar-refractivity contribution in [3.8, 4) is 17.0 Å². The van der Waals surface area contributed by atoms with E-state index < -0.39 is 5.82 Å². The molecule has 1 aromatic heterocycles. The molecule has 0 bridgehead atoms. The fourth-order valence-corrected chi connectivity index (χ4v) is 1.71. The smallest absolute Gasteiger partial charge is 0.222 e. The second kappa shape index (κ2) is 3.74. The van der Waals surface area contributed by atoms with E-state index in [0.29, 0.717) is 29.2 Å². The number of hydrogen-bond acceptors (Lipinski definition) is 5. The molecular formula is C11H9FN2O3. The van der Waals surface area contributed by atoms with Crippen molar-refractivity contribution < 1.29 is 18.4 Å². The molecule has 17 heavy (non-hydrogen) atoms. The Balaban J connectivity index is 2.11. The highest BCUT2D eigenvalue weighted by Gasteiger charge is 2.17. The van der Waals surface area contributed by atoms with Gasteiger partial charge in [-0.05, 0) is 12.1 Å². The summed E-state index contributed by atoms with van der Waals surface area (Å²) in [7, 11) is 0. The zero-order valence-corrected chi connectivity index (χ0v) is 8.77. The third-order valence-corrected chi connectivity index (χ3v) is 2.51. The predicted octanol–water partition coefficient (Wildman–Crippen LogP) is 1.93. The number of nitrogen functional groups attached to an aromatic ring is 1. The number of halogens is 1. The molecule has 0 fully saturated rings. The SMILES string of the molecule is Nc1cc(-c2cc3c(cc2F)COCO3)no1. The first kappa shape index (κ1) is 10.1. The minimum atomic E-state index is -0.411. The highest BCUT2D eigenvalue weighted by molar-refractivity contribution is 5.65. The quantitative estimate of drug-likeness (QED) is 0.819. The second-order valence-corrected chi connectivity index (χ2v) is 3.66. The lowest BCUT2D eigenvalue weighted by molar-refractivity contribution is -0.0165. The summed E-state index contributed by atoms with van der Waals surface area (Å²) < 4.78 is 28.9. The highest BCUT2D eigenvalue weighted by Crippen LogP contribution is 2.32. The van der Waals surface area contributed by atoms with Crippen LogP contribution in [0.2, 0.25) is 0 Å². The van der Waals surface area contributed by atoms with Crippen LogP contribution in [-0.4, -0.2) is 11.9 Å². The molecule has 6 heteroatoms. The maximum Gasteiger partial charge on any atom is 0.222 e. The lowest BCUT2D eigenvalue weighted by Gasteiger charge is -2.18. The van der Waals surface area contributed by atoms with Crippen molar-refractivity contribution >= 4 is 5.88 Å². The molecular weight excluding hydrogens is 227 g/mol. The molecule has 88 valence electrons. The van der Waals surface area contributed by atoms with Gasteiger partial charge < -0.3 is 19.7 Å². The Morgan fingerprint density at radius 2 is 2.18 bits per heavy atom. The Morgan fingerprint density at radius 1 is 1.29 bits per heavy atom. The van der Waals surface area contributed by atoms with Crippen LogP contribution in [-0.2, 0) is 11.3 Å². The average molecular weight is 236 g/mol. The number of ether oxygens (including phenoxy) is 2. The van der Waals surface area contributed by atoms with Crippen LogP contribution in [0.5, 0.6) is 5.75 Å². The molecule has 2 N–H and O–H groups in total. The van der Waals surface area contributed by atoms with Gasteiger partial charge in [0.2, 0.25) is 5.88 Å². The number of nitrogens with two attached hydrogens (primary N) is 1. The van der Waals surface area contributed by atoms with Gasteiger partial charge in [-0.15, -0.1) is 0 Å². The molecule has 3 rings (SSSR count). The molecule has 0 amide bonds. The van der Waals surface area contributed by atoms with E-state index in [4.69, 9.17) is 19.7 Å². The number of anilines is 1. The van der Waals surface area contributed by atoms with Gasteiger partial charge >= 0.3 is 0 Å². The van der Waals surface area contributed by atoms with Crippen molar-refractivity contribution in [1.82, 2.24) is 5.16 Å². The summed E-state index contributed by atoms with van der Waals surface area (Å²) in [6, 6.07) is 4.41. The monoisotopic (exact) mass is 236 g/mol. The fraction of sp³-hybridized carbons (Fsp3) is 0.182. The van der Waals surface area contributed by atoms with Crippen LogP contribution in [0.4, 0.5) is 10.3 Å². The van der Waals surface area contributed by atoms with Gasteiger partial charge in [0, 0.05) is 17.2 Å². The standard InChI is InChI=1S/C11H9FN2O3/c12-8-1-6-4-15-5-16-10(6)2-7(8)9-3-11(13)17-14-9/h1-3H,4-5,13H2. The van der Waals surface area contributed by atoms with Gasteiger partial charge in [-0.2, -0.15) is 0 Å². The van der Waals surface area contributed by atoms with E-state index in [1.54, 1.807) is 6.07 Å². The Labute approximate surface area is 95.9 Å². The molecule has 0 unspecified atom stereocenters. The summed E-state index contributed by atoms with van der Waals surface area (Å²) in [4.78, 5) is 0. The molecule has 1 aromatic carbocycles. The summed E-state index contributed by atoms with van der Waals surface area (Å²) in [5.74, 6) is 0.321. The van der Waals surface area contributed by atoms with Crippen LogP contribution in [0.3, 0.4) is 0 Å². The summed E-state index contributed by atoms with van der Waals surface area (Å²) in [5.41, 5.74) is 6.72. The molecule has 5 nitrogen and oxygen atoms in total. The Bertz CT molecular complexity index is 568. The van der Waals surface area contributed by atoms with Gasteiger partial charge in [0.05, 0.1) is 6.61 Å². The zero-order chi connectivity index (χ0) is 11.8. The van der Waals surface area contributed by atoms with Crippen molar-refractivity contribution in [2.75, 3.05) is 12.5 Å². The zero-order valence-electron chi connectivity index (χ0n) is 8.77. The van der Waals surface area contributed by atoms with E-state index in [0.717, 1.165) is 0 Å². The van der Waals surface area contributed by atoms with Crippen LogP contribution in [0.25, 0.3) is 11.3 Å². The van der Waals surface area contributed by atoms with Gasteiger partial charge in [0.15, 0.2) is 6.79 Å². The van der Waals surface area contributed by atoms with E-state index in [1.807, 2.05) is 0 Å². The summed E-state index contributed by atoms with van der Waals surface area (Å²) in [6.45, 7) is 0.506. The molecule has 0 radical (unpaired) electrons. The third kappa shape index (κ3) is 1.72. The van der Waals surface area contributed by atoms with Crippen molar-refractivity contribution in [2.45, 2.75) is 6.61 Å². The number of fused-ring (bicyclic) bond motifs is 1. The van der Waals surface area contributed by atoms with Gasteiger partial charge in [-0.3, -0.25) is 0 Å². The topological polar surface area (TPSA) is 70.5 Å². The van der Waals surface area contributed by atoms with E-state index in [9.17, 15) is 4.39 Å². The largest absolute Gasteiger partial charge is 0.467 e. The number of hydrogen-bond donors (Lipinski definition) is 1. The van der Waals surface area contributed by atoms with Crippen molar-refractivity contribution in [3.05, 3.63) is 29.6 Å². The molecule has 1 aliphatic heterocycles. The van der Waals surface area contributed by atoms with Crippen LogP contribution >= 0.6 is 0 Å². The first-order chi connectivity index (χ1) is 8.24. The summed E-state index contributed by atoms with van der Waals surface area (Å²) in [6.07, 6.45) is 0. The summed E-state index contributed by atoms with van der Waals surface area (Å²) >= 11 is 0. The van der Waals surface area contributed by atoms with Gasteiger partial charge in [-0.1, -0.05) is 5.16 Å². The summed E-state index contributed by atoms with van der Waals surface area (Å²) in [5, 5.41) is 3.67. The van der Waals surface area contributed by atoms with Gasteiger partial charge in [0.1, 0.15) is 17.3 Å². The Kier molecular flexibility index (Phi) is 2.22. The fourth-order valence-electron chi connectivity index (χ4n) is 1.71. The maximum atomic E-state index is 13.8. The lowest BCUT2D eigenvalue weighted by atomic mass is 10.1. The predicted molar refractivity (Wildman–Crippen MR) is 56.6 cm³/mol. The first-order valence-electron chi connectivity index (χ1n) is 4.99. The highest BCUT2D eigenvalue weighted by atomic mass is 19.1. The second-order valence-electron chi connectivity index (χ2n) is 3.66. The van der Waals surface area contributed by atoms with E-state index in [2.05, 4.69) is 5.16 Å². The minimum Gasteiger partial charge on any atom is -0.467 e. The van der Waals surface area contributed by atoms with Gasteiger partial charge in [-0.25, -0.2) is 4.39 Å².